The van der Waals surface area contributed by atoms with E-state index in [2.05, 4.69) is 5.32 Å². The first-order chi connectivity index (χ1) is 10.9. The predicted octanol–water partition coefficient (Wildman–Crippen LogP) is 0.558. The second-order valence-electron chi connectivity index (χ2n) is 5.38. The normalized spacial score (nSPS) is 19.2. The highest BCUT2D eigenvalue weighted by Gasteiger charge is 2.29. The van der Waals surface area contributed by atoms with Crippen LogP contribution in [0.4, 0.5) is 0 Å². The number of nitrogens with one attached hydrogen (secondary N) is 1. The molecule has 0 aromatic heterocycles. The summed E-state index contributed by atoms with van der Waals surface area (Å²) in [6, 6.07) is 3.09. The zero-order chi connectivity index (χ0) is 17.0. The summed E-state index contributed by atoms with van der Waals surface area (Å²) >= 11 is 0. The van der Waals surface area contributed by atoms with Crippen LogP contribution in [0.25, 0.3) is 0 Å². The van der Waals surface area contributed by atoms with E-state index in [4.69, 9.17) is 14.2 Å². The Labute approximate surface area is 135 Å². The lowest BCUT2D eigenvalue weighted by Crippen LogP contribution is -2.36. The van der Waals surface area contributed by atoms with Crippen molar-refractivity contribution in [2.75, 3.05) is 32.8 Å². The summed E-state index contributed by atoms with van der Waals surface area (Å²) in [5.74, 6) is 1.30. The molecule has 1 atom stereocenters. The summed E-state index contributed by atoms with van der Waals surface area (Å²) in [6.07, 6.45) is 0.566. The first-order valence-corrected chi connectivity index (χ1v) is 8.99. The maximum atomic E-state index is 12.1. The molecule has 0 bridgehead atoms. The van der Waals surface area contributed by atoms with Gasteiger partial charge in [0.15, 0.2) is 21.3 Å². The van der Waals surface area contributed by atoms with E-state index >= 15 is 0 Å². The molecule has 1 aromatic rings. The van der Waals surface area contributed by atoms with E-state index in [0.29, 0.717) is 29.2 Å². The van der Waals surface area contributed by atoms with Crippen LogP contribution >= 0.6 is 0 Å². The molecule has 1 saturated heterocycles. The minimum absolute atomic E-state index is 0.00793. The van der Waals surface area contributed by atoms with Crippen molar-refractivity contribution in [2.45, 2.75) is 18.9 Å². The van der Waals surface area contributed by atoms with Gasteiger partial charge in [-0.15, -0.1) is 0 Å². The van der Waals surface area contributed by atoms with E-state index in [9.17, 15) is 13.2 Å². The lowest BCUT2D eigenvalue weighted by atomic mass is 10.1. The SMILES string of the molecule is COc1cc(CC(=O)NC2CCS(=O)(=O)C2)cc(OC)c1OC. The van der Waals surface area contributed by atoms with Gasteiger partial charge in [-0.3, -0.25) is 4.79 Å². The van der Waals surface area contributed by atoms with Gasteiger partial charge in [-0.05, 0) is 24.1 Å². The molecule has 1 amide bonds. The predicted molar refractivity (Wildman–Crippen MR) is 85.0 cm³/mol. The van der Waals surface area contributed by atoms with Gasteiger partial charge in [0.1, 0.15) is 0 Å². The minimum Gasteiger partial charge on any atom is -0.493 e. The van der Waals surface area contributed by atoms with Gasteiger partial charge in [0.2, 0.25) is 11.7 Å². The van der Waals surface area contributed by atoms with E-state index in [-0.39, 0.29) is 29.9 Å². The number of ether oxygens (including phenoxy) is 3. The van der Waals surface area contributed by atoms with Gasteiger partial charge in [-0.1, -0.05) is 0 Å². The first kappa shape index (κ1) is 17.4. The molecule has 0 spiro atoms. The number of carbonyl (C=O) groups excluding carboxylic acids is 1. The molecule has 1 aliphatic rings. The maximum Gasteiger partial charge on any atom is 0.224 e. The third-order valence-electron chi connectivity index (χ3n) is 3.69. The van der Waals surface area contributed by atoms with Crippen molar-refractivity contribution >= 4 is 15.7 Å². The Hall–Kier alpha value is -1.96. The fourth-order valence-electron chi connectivity index (χ4n) is 2.61. The molecule has 1 aliphatic heterocycles. The number of amides is 1. The van der Waals surface area contributed by atoms with Crippen molar-refractivity contribution in [3.05, 3.63) is 17.7 Å². The number of hydrogen-bond donors (Lipinski definition) is 1. The molecule has 1 heterocycles. The monoisotopic (exact) mass is 343 g/mol. The summed E-state index contributed by atoms with van der Waals surface area (Å²) in [7, 11) is 1.50. The van der Waals surface area contributed by atoms with E-state index in [1.54, 1.807) is 12.1 Å². The lowest BCUT2D eigenvalue weighted by molar-refractivity contribution is -0.121. The standard InChI is InChI=1S/C15H21NO6S/c1-20-12-6-10(7-13(21-2)15(12)22-3)8-14(17)16-11-4-5-23(18,19)9-11/h6-7,11H,4-5,8-9H2,1-3H3,(H,16,17). The molecule has 1 N–H and O–H groups in total. The van der Waals surface area contributed by atoms with Crippen molar-refractivity contribution in [1.82, 2.24) is 5.32 Å². The van der Waals surface area contributed by atoms with Gasteiger partial charge in [0, 0.05) is 6.04 Å². The molecule has 0 saturated carbocycles. The Balaban J connectivity index is 2.09. The van der Waals surface area contributed by atoms with Crippen LogP contribution in [0.3, 0.4) is 0 Å². The molecular weight excluding hydrogens is 322 g/mol. The third-order valence-corrected chi connectivity index (χ3v) is 5.45. The molecule has 0 aliphatic carbocycles. The highest BCUT2D eigenvalue weighted by molar-refractivity contribution is 7.91. The summed E-state index contributed by atoms with van der Waals surface area (Å²) in [6.45, 7) is 0. The second-order valence-corrected chi connectivity index (χ2v) is 7.61. The van der Waals surface area contributed by atoms with Crippen molar-refractivity contribution in [3.63, 3.8) is 0 Å². The van der Waals surface area contributed by atoms with Gasteiger partial charge in [-0.2, -0.15) is 0 Å². The van der Waals surface area contributed by atoms with Crippen LogP contribution in [-0.2, 0) is 21.1 Å². The smallest absolute Gasteiger partial charge is 0.224 e. The second kappa shape index (κ2) is 7.08. The Morgan fingerprint density at radius 1 is 1.17 bits per heavy atom. The fraction of sp³-hybridized carbons (Fsp3) is 0.533. The number of rotatable bonds is 6. The molecule has 1 aromatic carbocycles. The van der Waals surface area contributed by atoms with Gasteiger partial charge in [-0.25, -0.2) is 8.42 Å². The highest BCUT2D eigenvalue weighted by atomic mass is 32.2. The molecule has 2 rings (SSSR count). The van der Waals surface area contributed by atoms with Crippen molar-refractivity contribution in [1.29, 1.82) is 0 Å². The van der Waals surface area contributed by atoms with Crippen LogP contribution in [0.5, 0.6) is 17.2 Å². The zero-order valence-electron chi connectivity index (χ0n) is 13.4. The molecule has 1 unspecified atom stereocenters. The lowest BCUT2D eigenvalue weighted by Gasteiger charge is -2.15. The van der Waals surface area contributed by atoms with Gasteiger partial charge < -0.3 is 19.5 Å². The molecule has 1 fully saturated rings. The molecule has 23 heavy (non-hydrogen) atoms. The van der Waals surface area contributed by atoms with Crippen LogP contribution in [0.15, 0.2) is 12.1 Å². The average molecular weight is 343 g/mol. The summed E-state index contributed by atoms with van der Waals surface area (Å²) < 4.78 is 38.6. The minimum atomic E-state index is -3.02. The zero-order valence-corrected chi connectivity index (χ0v) is 14.2. The average Bonchev–Trinajstić information content (AvgIpc) is 2.84. The largest absolute Gasteiger partial charge is 0.493 e. The van der Waals surface area contributed by atoms with E-state index in [1.165, 1.54) is 21.3 Å². The third kappa shape index (κ3) is 4.28. The van der Waals surface area contributed by atoms with E-state index in [1.807, 2.05) is 0 Å². The fourth-order valence-corrected chi connectivity index (χ4v) is 4.28. The van der Waals surface area contributed by atoms with Crippen molar-refractivity contribution < 1.29 is 27.4 Å². The number of methoxy groups -OCH3 is 3. The Morgan fingerprint density at radius 3 is 2.22 bits per heavy atom. The number of hydrogen-bond acceptors (Lipinski definition) is 6. The highest BCUT2D eigenvalue weighted by Crippen LogP contribution is 2.38. The summed E-state index contributed by atoms with van der Waals surface area (Å²) in [4.78, 5) is 12.1. The van der Waals surface area contributed by atoms with Crippen LogP contribution in [0.1, 0.15) is 12.0 Å². The quantitative estimate of drug-likeness (QED) is 0.811. The first-order valence-electron chi connectivity index (χ1n) is 7.17. The van der Waals surface area contributed by atoms with E-state index < -0.39 is 9.84 Å². The Morgan fingerprint density at radius 2 is 1.78 bits per heavy atom. The van der Waals surface area contributed by atoms with Crippen LogP contribution in [0.2, 0.25) is 0 Å². The molecule has 0 radical (unpaired) electrons. The maximum absolute atomic E-state index is 12.1. The topological polar surface area (TPSA) is 90.9 Å². The van der Waals surface area contributed by atoms with Crippen LogP contribution < -0.4 is 19.5 Å². The van der Waals surface area contributed by atoms with Crippen LogP contribution in [-0.4, -0.2) is 53.2 Å². The summed E-state index contributed by atoms with van der Waals surface area (Å²) in [5, 5.41) is 2.76. The van der Waals surface area contributed by atoms with E-state index in [0.717, 1.165) is 0 Å². The molecule has 128 valence electrons. The molecular formula is C15H21NO6S. The van der Waals surface area contributed by atoms with Gasteiger partial charge in [0.05, 0.1) is 39.3 Å². The molecule has 8 heteroatoms. The van der Waals surface area contributed by atoms with Crippen LogP contribution in [0, 0.1) is 0 Å². The number of benzene rings is 1. The number of carbonyl (C=O) groups is 1. The summed E-state index contributed by atoms with van der Waals surface area (Å²) in [5.41, 5.74) is 0.692. The van der Waals surface area contributed by atoms with Crippen molar-refractivity contribution in [3.8, 4) is 17.2 Å². The molecule has 7 nitrogen and oxygen atoms in total. The van der Waals surface area contributed by atoms with Crippen molar-refractivity contribution in [2.24, 2.45) is 0 Å². The number of sulfone groups is 1. The Kier molecular flexibility index (Phi) is 5.35. The Bertz CT molecular complexity index is 660. The van der Waals surface area contributed by atoms with Gasteiger partial charge in [0.25, 0.3) is 0 Å². The van der Waals surface area contributed by atoms with Gasteiger partial charge >= 0.3 is 0 Å².